The number of anilines is 1. The fourth-order valence-corrected chi connectivity index (χ4v) is 5.84. The molecule has 0 aliphatic carbocycles. The molecule has 0 unspecified atom stereocenters. The van der Waals surface area contributed by atoms with Gasteiger partial charge >= 0.3 is 0 Å². The summed E-state index contributed by atoms with van der Waals surface area (Å²) in [5.41, 5.74) is 4.40. The normalized spacial score (nSPS) is 14.8. The molecular weight excluding hydrogens is 398 g/mol. The molecule has 4 nitrogen and oxygen atoms in total. The highest BCUT2D eigenvalue weighted by Crippen LogP contribution is 2.32. The van der Waals surface area contributed by atoms with E-state index in [1.165, 1.54) is 15.8 Å². The first-order chi connectivity index (χ1) is 13.9. The van der Waals surface area contributed by atoms with Crippen LogP contribution < -0.4 is 4.90 Å². The van der Waals surface area contributed by atoms with Gasteiger partial charge in [0.05, 0.1) is 10.2 Å². The number of aryl methyl sites for hydroxylation is 2. The molecule has 1 fully saturated rings. The van der Waals surface area contributed by atoms with Crippen molar-refractivity contribution < 1.29 is 4.79 Å². The van der Waals surface area contributed by atoms with Gasteiger partial charge in [-0.25, -0.2) is 4.98 Å². The van der Waals surface area contributed by atoms with Gasteiger partial charge in [0.2, 0.25) is 0 Å². The zero-order valence-corrected chi connectivity index (χ0v) is 19.1. The van der Waals surface area contributed by atoms with Gasteiger partial charge in [0.15, 0.2) is 5.13 Å². The average molecular weight is 426 g/mol. The maximum Gasteiger partial charge on any atom is 0.254 e. The lowest BCUT2D eigenvalue weighted by Gasteiger charge is -2.34. The van der Waals surface area contributed by atoms with Gasteiger partial charge < -0.3 is 9.80 Å². The first kappa shape index (κ1) is 20.2. The van der Waals surface area contributed by atoms with Crippen molar-refractivity contribution in [3.05, 3.63) is 53.1 Å². The molecule has 2 heterocycles. The highest BCUT2D eigenvalue weighted by atomic mass is 32.2. The summed E-state index contributed by atoms with van der Waals surface area (Å²) in [4.78, 5) is 23.3. The number of carbonyl (C=O) groups is 1. The minimum atomic E-state index is 0.131. The first-order valence-corrected chi connectivity index (χ1v) is 11.8. The van der Waals surface area contributed by atoms with E-state index in [1.807, 2.05) is 23.1 Å². The number of nitrogens with zero attached hydrogens (tertiary/aromatic N) is 3. The number of hydrogen-bond donors (Lipinski definition) is 0. The SMILES string of the molecule is Cc1cc(C)c2nc(N3CCN(C(=O)c4cccc(SC(C)C)c4)CC3)sc2c1. The van der Waals surface area contributed by atoms with Crippen LogP contribution >= 0.6 is 23.1 Å². The number of carbonyl (C=O) groups excluding carboxylic acids is 1. The predicted octanol–water partition coefficient (Wildman–Crippen LogP) is 5.38. The number of hydrogen-bond acceptors (Lipinski definition) is 5. The Labute approximate surface area is 180 Å². The highest BCUT2D eigenvalue weighted by Gasteiger charge is 2.24. The third kappa shape index (κ3) is 4.43. The lowest BCUT2D eigenvalue weighted by molar-refractivity contribution is 0.0746. The van der Waals surface area contributed by atoms with Crippen LogP contribution in [-0.4, -0.2) is 47.2 Å². The van der Waals surface area contributed by atoms with Crippen LogP contribution in [0.4, 0.5) is 5.13 Å². The van der Waals surface area contributed by atoms with Crippen molar-refractivity contribution in [2.24, 2.45) is 0 Å². The van der Waals surface area contributed by atoms with Crippen LogP contribution in [0.5, 0.6) is 0 Å². The minimum Gasteiger partial charge on any atom is -0.345 e. The second-order valence-corrected chi connectivity index (χ2v) is 10.6. The van der Waals surface area contributed by atoms with E-state index in [-0.39, 0.29) is 5.91 Å². The van der Waals surface area contributed by atoms with Gasteiger partial charge in [0.1, 0.15) is 0 Å². The molecule has 1 saturated heterocycles. The van der Waals surface area contributed by atoms with E-state index in [0.29, 0.717) is 5.25 Å². The van der Waals surface area contributed by atoms with Crippen LogP contribution in [0.25, 0.3) is 10.2 Å². The summed E-state index contributed by atoms with van der Waals surface area (Å²) in [7, 11) is 0. The van der Waals surface area contributed by atoms with Crippen molar-refractivity contribution in [1.29, 1.82) is 0 Å². The van der Waals surface area contributed by atoms with E-state index in [4.69, 9.17) is 4.98 Å². The molecule has 3 aromatic rings. The topological polar surface area (TPSA) is 36.4 Å². The predicted molar refractivity (Wildman–Crippen MR) is 125 cm³/mol. The number of rotatable bonds is 4. The summed E-state index contributed by atoms with van der Waals surface area (Å²) in [5, 5.41) is 1.57. The van der Waals surface area contributed by atoms with Crippen molar-refractivity contribution in [1.82, 2.24) is 9.88 Å². The molecule has 1 amide bonds. The molecule has 0 bridgehead atoms. The Hall–Kier alpha value is -2.05. The largest absolute Gasteiger partial charge is 0.345 e. The van der Waals surface area contributed by atoms with Crippen LogP contribution in [0.1, 0.15) is 35.3 Å². The van der Waals surface area contributed by atoms with Crippen LogP contribution in [-0.2, 0) is 0 Å². The Bertz CT molecular complexity index is 1040. The van der Waals surface area contributed by atoms with E-state index in [1.54, 1.807) is 23.1 Å². The van der Waals surface area contributed by atoms with Crippen molar-refractivity contribution in [3.63, 3.8) is 0 Å². The lowest BCUT2D eigenvalue weighted by Crippen LogP contribution is -2.48. The summed E-state index contributed by atoms with van der Waals surface area (Å²) >= 11 is 3.55. The molecule has 0 spiro atoms. The van der Waals surface area contributed by atoms with E-state index in [0.717, 1.165) is 47.3 Å². The molecule has 0 N–H and O–H groups in total. The Morgan fingerprint density at radius 2 is 1.86 bits per heavy atom. The molecule has 0 saturated carbocycles. The van der Waals surface area contributed by atoms with Crippen molar-refractivity contribution >= 4 is 44.4 Å². The molecule has 1 aliphatic rings. The van der Waals surface area contributed by atoms with E-state index in [2.05, 4.69) is 50.8 Å². The Balaban J connectivity index is 1.44. The van der Waals surface area contributed by atoms with Crippen molar-refractivity contribution in [2.45, 2.75) is 37.8 Å². The van der Waals surface area contributed by atoms with Crippen LogP contribution in [0.3, 0.4) is 0 Å². The highest BCUT2D eigenvalue weighted by molar-refractivity contribution is 7.99. The number of piperazine rings is 1. The quantitative estimate of drug-likeness (QED) is 0.526. The maximum atomic E-state index is 13.0. The van der Waals surface area contributed by atoms with Crippen LogP contribution in [0.2, 0.25) is 0 Å². The number of amides is 1. The Morgan fingerprint density at radius 1 is 1.10 bits per heavy atom. The van der Waals surface area contributed by atoms with Crippen LogP contribution in [0, 0.1) is 13.8 Å². The summed E-state index contributed by atoms with van der Waals surface area (Å²) in [6.07, 6.45) is 0. The van der Waals surface area contributed by atoms with Crippen LogP contribution in [0.15, 0.2) is 41.3 Å². The molecule has 0 atom stereocenters. The minimum absolute atomic E-state index is 0.131. The monoisotopic (exact) mass is 425 g/mol. The van der Waals surface area contributed by atoms with E-state index >= 15 is 0 Å². The van der Waals surface area contributed by atoms with Gasteiger partial charge in [0, 0.05) is 41.9 Å². The number of fused-ring (bicyclic) bond motifs is 1. The molecule has 1 aliphatic heterocycles. The zero-order chi connectivity index (χ0) is 20.5. The van der Waals surface area contributed by atoms with E-state index < -0.39 is 0 Å². The number of benzene rings is 2. The molecule has 1 aromatic heterocycles. The van der Waals surface area contributed by atoms with E-state index in [9.17, 15) is 4.79 Å². The lowest BCUT2D eigenvalue weighted by atomic mass is 10.1. The number of aromatic nitrogens is 1. The smallest absolute Gasteiger partial charge is 0.254 e. The molecule has 0 radical (unpaired) electrons. The fourth-order valence-electron chi connectivity index (χ4n) is 3.75. The summed E-state index contributed by atoms with van der Waals surface area (Å²) in [6.45, 7) is 11.7. The van der Waals surface area contributed by atoms with Gasteiger partial charge in [-0.1, -0.05) is 37.3 Å². The molecule has 6 heteroatoms. The molecule has 152 valence electrons. The Morgan fingerprint density at radius 3 is 2.59 bits per heavy atom. The number of thiazole rings is 1. The van der Waals surface area contributed by atoms with Crippen molar-refractivity contribution in [3.8, 4) is 0 Å². The summed E-state index contributed by atoms with van der Waals surface area (Å²) < 4.78 is 1.25. The second kappa shape index (κ2) is 8.36. The van der Waals surface area contributed by atoms with Gasteiger partial charge in [-0.2, -0.15) is 0 Å². The second-order valence-electron chi connectivity index (χ2n) is 7.90. The third-order valence-electron chi connectivity index (χ3n) is 5.11. The Kier molecular flexibility index (Phi) is 5.83. The average Bonchev–Trinajstić information content (AvgIpc) is 3.12. The third-order valence-corrected chi connectivity index (χ3v) is 7.17. The first-order valence-electron chi connectivity index (χ1n) is 10.1. The van der Waals surface area contributed by atoms with Crippen molar-refractivity contribution in [2.75, 3.05) is 31.1 Å². The van der Waals surface area contributed by atoms with Gasteiger partial charge in [0.25, 0.3) is 5.91 Å². The molecule has 2 aromatic carbocycles. The molecule has 29 heavy (non-hydrogen) atoms. The number of thioether (sulfide) groups is 1. The summed E-state index contributed by atoms with van der Waals surface area (Å²) in [5.74, 6) is 0.131. The standard InChI is InChI=1S/C23H27N3OS2/c1-15(2)28-19-7-5-6-18(14-19)22(27)25-8-10-26(11-9-25)23-24-21-17(4)12-16(3)13-20(21)29-23/h5-7,12-15H,8-11H2,1-4H3. The van der Waals surface area contributed by atoms with Gasteiger partial charge in [-0.05, 0) is 49.2 Å². The fraction of sp³-hybridized carbons (Fsp3) is 0.391. The molecular formula is C23H27N3OS2. The maximum absolute atomic E-state index is 13.0. The summed E-state index contributed by atoms with van der Waals surface area (Å²) in [6, 6.07) is 12.4. The molecule has 4 rings (SSSR count). The van der Waals surface area contributed by atoms with Gasteiger partial charge in [-0.15, -0.1) is 11.8 Å². The zero-order valence-electron chi connectivity index (χ0n) is 17.4. The van der Waals surface area contributed by atoms with Gasteiger partial charge in [-0.3, -0.25) is 4.79 Å².